The fourth-order valence-corrected chi connectivity index (χ4v) is 2.43. The Bertz CT molecular complexity index is 822. The van der Waals surface area contributed by atoms with Gasteiger partial charge in [-0.05, 0) is 12.1 Å². The molecule has 3 rings (SSSR count). The first kappa shape index (κ1) is 15.2. The first-order valence-electron chi connectivity index (χ1n) is 6.26. The van der Waals surface area contributed by atoms with Gasteiger partial charge < -0.3 is 9.84 Å². The van der Waals surface area contributed by atoms with Crippen molar-refractivity contribution in [3.8, 4) is 28.3 Å². The predicted octanol–water partition coefficient (Wildman–Crippen LogP) is 4.12. The minimum absolute atomic E-state index is 0.00228. The molecular weight excluding hydrogens is 331 g/mol. The van der Waals surface area contributed by atoms with Crippen LogP contribution in [-0.2, 0) is 6.18 Å². The first-order valence-corrected chi connectivity index (χ1v) is 7.14. The van der Waals surface area contributed by atoms with Gasteiger partial charge in [-0.1, -0.05) is 18.2 Å². The Kier molecular flexibility index (Phi) is 3.87. The maximum atomic E-state index is 12.6. The third-order valence-electron chi connectivity index (χ3n) is 2.64. The van der Waals surface area contributed by atoms with E-state index in [1.165, 1.54) is 0 Å². The second-order valence-corrected chi connectivity index (χ2v) is 5.20. The molecule has 3 aromatic rings. The van der Waals surface area contributed by atoms with Gasteiger partial charge >= 0.3 is 6.18 Å². The highest BCUT2D eigenvalue weighted by Crippen LogP contribution is 2.33. The minimum atomic E-state index is -4.55. The lowest BCUT2D eigenvalue weighted by atomic mass is 10.3. The van der Waals surface area contributed by atoms with Gasteiger partial charge in [0.2, 0.25) is 11.8 Å². The number of para-hydroxylation sites is 1. The summed E-state index contributed by atoms with van der Waals surface area (Å²) in [6.45, 7) is 0. The van der Waals surface area contributed by atoms with Crippen molar-refractivity contribution < 1.29 is 23.0 Å². The Morgan fingerprint density at radius 3 is 2.43 bits per heavy atom. The standard InChI is InChI=1S/C14H8F3N3O2S/c15-14(16,17)9-7-23-13(18-9)12-19-10(21)6-11(20-12)22-8-4-2-1-3-5-8/h1-7H,(H,19,20,21). The van der Waals surface area contributed by atoms with Crippen molar-refractivity contribution in [2.24, 2.45) is 0 Å². The summed E-state index contributed by atoms with van der Waals surface area (Å²) in [7, 11) is 0. The van der Waals surface area contributed by atoms with E-state index in [1.54, 1.807) is 30.3 Å². The van der Waals surface area contributed by atoms with Crippen LogP contribution in [0.4, 0.5) is 13.2 Å². The molecular formula is C14H8F3N3O2S. The molecule has 0 fully saturated rings. The van der Waals surface area contributed by atoms with Crippen LogP contribution >= 0.6 is 11.3 Å². The Balaban J connectivity index is 1.93. The average molecular weight is 339 g/mol. The van der Waals surface area contributed by atoms with E-state index in [2.05, 4.69) is 15.0 Å². The molecule has 1 N–H and O–H groups in total. The molecule has 0 saturated carbocycles. The van der Waals surface area contributed by atoms with Crippen LogP contribution in [0.2, 0.25) is 0 Å². The van der Waals surface area contributed by atoms with E-state index >= 15 is 0 Å². The molecule has 23 heavy (non-hydrogen) atoms. The minimum Gasteiger partial charge on any atom is -0.493 e. The molecule has 0 amide bonds. The third kappa shape index (κ3) is 3.57. The molecule has 0 aliphatic carbocycles. The predicted molar refractivity (Wildman–Crippen MR) is 76.3 cm³/mol. The molecule has 0 atom stereocenters. The summed E-state index contributed by atoms with van der Waals surface area (Å²) in [5.74, 6) is -0.102. The molecule has 118 valence electrons. The normalized spacial score (nSPS) is 11.4. The summed E-state index contributed by atoms with van der Waals surface area (Å²) in [5, 5.41) is 10.4. The number of thiazole rings is 1. The first-order chi connectivity index (χ1) is 10.9. The third-order valence-corrected chi connectivity index (χ3v) is 3.48. The lowest BCUT2D eigenvalue weighted by molar-refractivity contribution is -0.140. The van der Waals surface area contributed by atoms with Gasteiger partial charge in [0, 0.05) is 5.38 Å². The molecule has 2 heterocycles. The molecule has 0 bridgehead atoms. The fraction of sp³-hybridized carbons (Fsp3) is 0.0714. The Hall–Kier alpha value is -2.68. The van der Waals surface area contributed by atoms with Crippen molar-refractivity contribution in [3.63, 3.8) is 0 Å². The van der Waals surface area contributed by atoms with E-state index in [0.717, 1.165) is 22.8 Å². The topological polar surface area (TPSA) is 68.1 Å². The monoisotopic (exact) mass is 339 g/mol. The number of aromatic nitrogens is 3. The number of benzene rings is 1. The lowest BCUT2D eigenvalue weighted by Gasteiger charge is -2.06. The molecule has 0 spiro atoms. The number of halogens is 3. The molecule has 9 heteroatoms. The van der Waals surface area contributed by atoms with Crippen LogP contribution < -0.4 is 4.74 Å². The van der Waals surface area contributed by atoms with E-state index in [9.17, 15) is 18.3 Å². The largest absolute Gasteiger partial charge is 0.493 e. The Morgan fingerprint density at radius 1 is 1.04 bits per heavy atom. The van der Waals surface area contributed by atoms with Crippen molar-refractivity contribution in [1.29, 1.82) is 0 Å². The molecule has 0 saturated heterocycles. The van der Waals surface area contributed by atoms with Crippen molar-refractivity contribution in [3.05, 3.63) is 47.5 Å². The number of aromatic hydroxyl groups is 1. The number of rotatable bonds is 3. The summed E-state index contributed by atoms with van der Waals surface area (Å²) in [4.78, 5) is 11.1. The lowest BCUT2D eigenvalue weighted by Crippen LogP contribution is -2.05. The van der Waals surface area contributed by atoms with Gasteiger partial charge in [0.05, 0.1) is 6.07 Å². The van der Waals surface area contributed by atoms with Gasteiger partial charge in [-0.2, -0.15) is 23.1 Å². The molecule has 5 nitrogen and oxygen atoms in total. The molecule has 2 aromatic heterocycles. The summed E-state index contributed by atoms with van der Waals surface area (Å²) < 4.78 is 43.2. The van der Waals surface area contributed by atoms with Crippen molar-refractivity contribution in [2.75, 3.05) is 0 Å². The second-order valence-electron chi connectivity index (χ2n) is 4.34. The molecule has 0 aliphatic rings. The van der Waals surface area contributed by atoms with Crippen LogP contribution in [0.15, 0.2) is 41.8 Å². The zero-order chi connectivity index (χ0) is 16.4. The van der Waals surface area contributed by atoms with E-state index in [0.29, 0.717) is 5.75 Å². The highest BCUT2D eigenvalue weighted by Gasteiger charge is 2.34. The van der Waals surface area contributed by atoms with Crippen LogP contribution in [0, 0.1) is 0 Å². The van der Waals surface area contributed by atoms with E-state index in [-0.39, 0.29) is 16.7 Å². The van der Waals surface area contributed by atoms with Crippen LogP contribution in [0.3, 0.4) is 0 Å². The van der Waals surface area contributed by atoms with Gasteiger partial charge in [-0.15, -0.1) is 11.3 Å². The number of hydrogen-bond donors (Lipinski definition) is 1. The summed E-state index contributed by atoms with van der Waals surface area (Å²) in [6.07, 6.45) is -4.55. The molecule has 0 aliphatic heterocycles. The molecule has 0 radical (unpaired) electrons. The number of ether oxygens (including phenoxy) is 1. The average Bonchev–Trinajstić information content (AvgIpc) is 2.97. The zero-order valence-electron chi connectivity index (χ0n) is 11.3. The van der Waals surface area contributed by atoms with Gasteiger partial charge in [-0.25, -0.2) is 4.98 Å². The smallest absolute Gasteiger partial charge is 0.434 e. The fourth-order valence-electron chi connectivity index (χ4n) is 1.68. The molecule has 1 aromatic carbocycles. The van der Waals surface area contributed by atoms with Crippen LogP contribution in [0.1, 0.15) is 5.69 Å². The van der Waals surface area contributed by atoms with Crippen molar-refractivity contribution in [2.45, 2.75) is 6.18 Å². The van der Waals surface area contributed by atoms with Crippen molar-refractivity contribution >= 4 is 11.3 Å². The Morgan fingerprint density at radius 2 is 1.78 bits per heavy atom. The number of hydrogen-bond acceptors (Lipinski definition) is 6. The molecule has 0 unspecified atom stereocenters. The van der Waals surface area contributed by atoms with Gasteiger partial charge in [0.15, 0.2) is 16.5 Å². The SMILES string of the molecule is Oc1cc(Oc2ccccc2)nc(-c2nc(C(F)(F)F)cs2)n1. The van der Waals surface area contributed by atoms with Gasteiger partial charge in [0.25, 0.3) is 0 Å². The Labute approximate surface area is 132 Å². The quantitative estimate of drug-likeness (QED) is 0.777. The van der Waals surface area contributed by atoms with Crippen molar-refractivity contribution in [1.82, 2.24) is 15.0 Å². The second kappa shape index (κ2) is 5.84. The summed E-state index contributed by atoms with van der Waals surface area (Å²) in [5.41, 5.74) is -1.03. The highest BCUT2D eigenvalue weighted by molar-refractivity contribution is 7.13. The van der Waals surface area contributed by atoms with E-state index in [4.69, 9.17) is 4.74 Å². The summed E-state index contributed by atoms with van der Waals surface area (Å²) in [6, 6.07) is 9.79. The van der Waals surface area contributed by atoms with E-state index < -0.39 is 17.8 Å². The maximum absolute atomic E-state index is 12.6. The summed E-state index contributed by atoms with van der Waals surface area (Å²) >= 11 is 0.730. The maximum Gasteiger partial charge on any atom is 0.434 e. The zero-order valence-corrected chi connectivity index (χ0v) is 12.1. The van der Waals surface area contributed by atoms with Gasteiger partial charge in [0.1, 0.15) is 5.75 Å². The van der Waals surface area contributed by atoms with E-state index in [1.807, 2.05) is 0 Å². The highest BCUT2D eigenvalue weighted by atomic mass is 32.1. The van der Waals surface area contributed by atoms with Gasteiger partial charge in [-0.3, -0.25) is 0 Å². The van der Waals surface area contributed by atoms with Crippen LogP contribution in [0.5, 0.6) is 17.5 Å². The van der Waals surface area contributed by atoms with Crippen LogP contribution in [-0.4, -0.2) is 20.1 Å². The van der Waals surface area contributed by atoms with Crippen LogP contribution in [0.25, 0.3) is 10.8 Å². The number of nitrogens with zero attached hydrogens (tertiary/aromatic N) is 3. The number of alkyl halides is 3.